The van der Waals surface area contributed by atoms with Gasteiger partial charge in [-0.15, -0.1) is 0 Å². The number of ether oxygens (including phenoxy) is 1. The van der Waals surface area contributed by atoms with Gasteiger partial charge in [-0.2, -0.15) is 0 Å². The minimum Gasteiger partial charge on any atom is -0.508 e. The summed E-state index contributed by atoms with van der Waals surface area (Å²) in [5.74, 6) is -0.608. The molecule has 3 N–H and O–H groups in total. The largest absolute Gasteiger partial charge is 0.508 e. The Hall–Kier alpha value is -3.55. The van der Waals surface area contributed by atoms with Crippen molar-refractivity contribution in [3.05, 3.63) is 65.2 Å². The van der Waals surface area contributed by atoms with Crippen LogP contribution in [0.1, 0.15) is 76.6 Å². The quantitative estimate of drug-likeness (QED) is 0.342. The Bertz CT molecular complexity index is 1050. The summed E-state index contributed by atoms with van der Waals surface area (Å²) in [7, 11) is 1.58. The fourth-order valence-electron chi connectivity index (χ4n) is 4.06. The number of phenols is 1. The highest BCUT2D eigenvalue weighted by Crippen LogP contribution is 2.23. The van der Waals surface area contributed by atoms with Crippen LogP contribution in [0.4, 0.5) is 4.79 Å². The standard InChI is InChI=1S/C30H43N3O5/c1-7-9-10-19-31-27(35)26(23-15-11-21(8-2)12-16-23)33(6)28(36)25(32-29(37)38-30(3,4)5)20-22-13-17-24(34)18-14-22/h11-18,25-26,34H,7-10,19-20H2,1-6H3,(H,31,35)(H,32,37). The maximum absolute atomic E-state index is 13.9. The van der Waals surface area contributed by atoms with Crippen LogP contribution in [0, 0.1) is 0 Å². The number of aromatic hydroxyl groups is 1. The third kappa shape index (κ3) is 9.72. The number of alkyl carbamates (subject to hydrolysis) is 1. The third-order valence-electron chi connectivity index (χ3n) is 6.13. The van der Waals surface area contributed by atoms with Crippen LogP contribution in [0.25, 0.3) is 0 Å². The van der Waals surface area contributed by atoms with E-state index in [1.165, 1.54) is 17.0 Å². The second kappa shape index (κ2) is 14.4. The molecule has 0 radical (unpaired) electrons. The monoisotopic (exact) mass is 525 g/mol. The number of hydrogen-bond acceptors (Lipinski definition) is 5. The predicted molar refractivity (Wildman–Crippen MR) is 149 cm³/mol. The number of unbranched alkanes of at least 4 members (excludes halogenated alkanes) is 2. The van der Waals surface area contributed by atoms with Gasteiger partial charge in [-0.05, 0) is 62.4 Å². The van der Waals surface area contributed by atoms with Crippen molar-refractivity contribution < 1.29 is 24.2 Å². The predicted octanol–water partition coefficient (Wildman–Crippen LogP) is 4.90. The van der Waals surface area contributed by atoms with Gasteiger partial charge in [-0.1, -0.05) is 63.1 Å². The summed E-state index contributed by atoms with van der Waals surface area (Å²) >= 11 is 0. The molecule has 208 valence electrons. The number of nitrogens with zero attached hydrogens (tertiary/aromatic N) is 1. The molecule has 2 unspecified atom stereocenters. The van der Waals surface area contributed by atoms with Crippen LogP contribution in [0.15, 0.2) is 48.5 Å². The lowest BCUT2D eigenvalue weighted by atomic mass is 9.99. The first-order valence-corrected chi connectivity index (χ1v) is 13.4. The molecule has 0 aliphatic rings. The first kappa shape index (κ1) is 30.7. The molecule has 0 bridgehead atoms. The van der Waals surface area contributed by atoms with Crippen molar-refractivity contribution in [2.75, 3.05) is 13.6 Å². The number of aryl methyl sites for hydroxylation is 1. The van der Waals surface area contributed by atoms with Gasteiger partial charge in [-0.3, -0.25) is 9.59 Å². The Kier molecular flexibility index (Phi) is 11.6. The molecule has 0 fully saturated rings. The normalized spacial score (nSPS) is 12.8. The van der Waals surface area contributed by atoms with E-state index in [4.69, 9.17) is 4.74 Å². The van der Waals surface area contributed by atoms with Crippen molar-refractivity contribution in [2.24, 2.45) is 0 Å². The van der Waals surface area contributed by atoms with Crippen molar-refractivity contribution in [2.45, 2.75) is 84.4 Å². The zero-order valence-electron chi connectivity index (χ0n) is 23.5. The van der Waals surface area contributed by atoms with Gasteiger partial charge in [0, 0.05) is 20.0 Å². The molecule has 0 aliphatic heterocycles. The van der Waals surface area contributed by atoms with E-state index in [0.29, 0.717) is 12.1 Å². The molecule has 0 spiro atoms. The van der Waals surface area contributed by atoms with Crippen LogP contribution >= 0.6 is 0 Å². The summed E-state index contributed by atoms with van der Waals surface area (Å²) in [6.45, 7) is 9.90. The lowest BCUT2D eigenvalue weighted by Crippen LogP contribution is -2.52. The average molecular weight is 526 g/mol. The van der Waals surface area contributed by atoms with E-state index in [9.17, 15) is 19.5 Å². The van der Waals surface area contributed by atoms with Crippen molar-refractivity contribution in [1.29, 1.82) is 0 Å². The lowest BCUT2D eigenvalue weighted by Gasteiger charge is -2.32. The van der Waals surface area contributed by atoms with E-state index >= 15 is 0 Å². The van der Waals surface area contributed by atoms with E-state index in [2.05, 4.69) is 24.5 Å². The fraction of sp³-hybridized carbons (Fsp3) is 0.500. The first-order valence-electron chi connectivity index (χ1n) is 13.4. The molecule has 38 heavy (non-hydrogen) atoms. The summed E-state index contributed by atoms with van der Waals surface area (Å²) in [5.41, 5.74) is 1.80. The summed E-state index contributed by atoms with van der Waals surface area (Å²) < 4.78 is 5.41. The van der Waals surface area contributed by atoms with Crippen molar-refractivity contribution in [3.8, 4) is 5.75 Å². The number of amides is 3. The summed E-state index contributed by atoms with van der Waals surface area (Å²) in [6.07, 6.45) is 3.17. The van der Waals surface area contributed by atoms with Gasteiger partial charge in [0.1, 0.15) is 23.4 Å². The Balaban J connectivity index is 2.36. The highest BCUT2D eigenvalue weighted by atomic mass is 16.6. The smallest absolute Gasteiger partial charge is 0.408 e. The van der Waals surface area contributed by atoms with E-state index in [0.717, 1.165) is 36.8 Å². The number of carbonyl (C=O) groups is 3. The van der Waals surface area contributed by atoms with E-state index < -0.39 is 29.7 Å². The molecule has 8 heteroatoms. The van der Waals surface area contributed by atoms with Crippen molar-refractivity contribution in [1.82, 2.24) is 15.5 Å². The molecule has 0 saturated heterocycles. The van der Waals surface area contributed by atoms with Gasteiger partial charge >= 0.3 is 6.09 Å². The van der Waals surface area contributed by atoms with Crippen molar-refractivity contribution in [3.63, 3.8) is 0 Å². The number of carbonyl (C=O) groups excluding carboxylic acids is 3. The van der Waals surface area contributed by atoms with E-state index in [1.807, 2.05) is 24.3 Å². The summed E-state index contributed by atoms with van der Waals surface area (Å²) in [6, 6.07) is 12.2. The summed E-state index contributed by atoms with van der Waals surface area (Å²) in [4.78, 5) is 41.3. The van der Waals surface area contributed by atoms with Crippen LogP contribution < -0.4 is 10.6 Å². The topological polar surface area (TPSA) is 108 Å². The minimum atomic E-state index is -0.996. The molecule has 8 nitrogen and oxygen atoms in total. The van der Waals surface area contributed by atoms with Crippen LogP contribution in [0.3, 0.4) is 0 Å². The first-order chi connectivity index (χ1) is 17.9. The Morgan fingerprint density at radius 3 is 2.11 bits per heavy atom. The van der Waals surface area contributed by atoms with Gasteiger partial charge in [0.15, 0.2) is 0 Å². The van der Waals surface area contributed by atoms with E-state index in [1.54, 1.807) is 40.0 Å². The van der Waals surface area contributed by atoms with E-state index in [-0.39, 0.29) is 18.1 Å². The Labute approximate surface area is 226 Å². The molecule has 0 saturated carbocycles. The lowest BCUT2D eigenvalue weighted by molar-refractivity contribution is -0.140. The van der Waals surface area contributed by atoms with Gasteiger partial charge in [-0.25, -0.2) is 4.79 Å². The molecular formula is C30H43N3O5. The Morgan fingerprint density at radius 1 is 0.947 bits per heavy atom. The van der Waals surface area contributed by atoms with Crippen LogP contribution in [0.5, 0.6) is 5.75 Å². The van der Waals surface area contributed by atoms with Crippen molar-refractivity contribution >= 4 is 17.9 Å². The highest BCUT2D eigenvalue weighted by molar-refractivity contribution is 5.92. The second-order valence-corrected chi connectivity index (χ2v) is 10.5. The van der Waals surface area contributed by atoms with Crippen LogP contribution in [-0.4, -0.2) is 53.1 Å². The number of nitrogens with one attached hydrogen (secondary N) is 2. The number of hydrogen-bond donors (Lipinski definition) is 3. The molecule has 0 aliphatic carbocycles. The molecule has 0 aromatic heterocycles. The zero-order chi connectivity index (χ0) is 28.3. The maximum Gasteiger partial charge on any atom is 0.408 e. The number of benzene rings is 2. The second-order valence-electron chi connectivity index (χ2n) is 10.5. The number of rotatable bonds is 12. The zero-order valence-corrected chi connectivity index (χ0v) is 23.5. The van der Waals surface area contributed by atoms with Gasteiger partial charge < -0.3 is 25.4 Å². The van der Waals surface area contributed by atoms with Gasteiger partial charge in [0.25, 0.3) is 0 Å². The SMILES string of the molecule is CCCCCNC(=O)C(c1ccc(CC)cc1)N(C)C(=O)C(Cc1ccc(O)cc1)NC(=O)OC(C)(C)C. The van der Waals surface area contributed by atoms with Gasteiger partial charge in [0.05, 0.1) is 0 Å². The minimum absolute atomic E-state index is 0.101. The van der Waals surface area contributed by atoms with Crippen LogP contribution in [-0.2, 0) is 27.2 Å². The van der Waals surface area contributed by atoms with Gasteiger partial charge in [0.2, 0.25) is 11.8 Å². The molecule has 2 rings (SSSR count). The average Bonchev–Trinajstić information content (AvgIpc) is 2.86. The molecule has 3 amide bonds. The number of likely N-dealkylation sites (N-methyl/N-ethyl adjacent to an activating group) is 1. The van der Waals surface area contributed by atoms with Crippen LogP contribution in [0.2, 0.25) is 0 Å². The fourth-order valence-corrected chi connectivity index (χ4v) is 4.06. The maximum atomic E-state index is 13.9. The summed E-state index contributed by atoms with van der Waals surface area (Å²) in [5, 5.41) is 15.3. The Morgan fingerprint density at radius 2 is 1.55 bits per heavy atom. The molecular weight excluding hydrogens is 482 g/mol. The third-order valence-corrected chi connectivity index (χ3v) is 6.13. The molecule has 2 aromatic carbocycles. The number of phenolic OH excluding ortho intramolecular Hbond substituents is 1. The molecule has 2 atom stereocenters. The highest BCUT2D eigenvalue weighted by Gasteiger charge is 2.34. The molecule has 0 heterocycles. The molecule has 2 aromatic rings.